The third-order valence-electron chi connectivity index (χ3n) is 3.26. The molecule has 23 heavy (non-hydrogen) atoms. The third-order valence-corrected chi connectivity index (χ3v) is 4.33. The fourth-order valence-electron chi connectivity index (χ4n) is 2.18. The lowest BCUT2D eigenvalue weighted by Crippen LogP contribution is -2.23. The molecule has 0 radical (unpaired) electrons. The molecule has 3 rings (SSSR count). The Hall–Kier alpha value is -2.80. The number of amides is 1. The summed E-state index contributed by atoms with van der Waals surface area (Å²) in [6.45, 7) is 0.320. The number of benzene rings is 1. The quantitative estimate of drug-likeness (QED) is 0.768. The van der Waals surface area contributed by atoms with Crippen LogP contribution in [-0.2, 0) is 6.42 Å². The van der Waals surface area contributed by atoms with Crippen LogP contribution < -0.4 is 10.9 Å². The molecule has 2 aromatic heterocycles. The van der Waals surface area contributed by atoms with E-state index in [1.807, 2.05) is 30.3 Å². The van der Waals surface area contributed by atoms with Crippen LogP contribution in [0, 0.1) is 0 Å². The predicted octanol–water partition coefficient (Wildman–Crippen LogP) is 2.53. The van der Waals surface area contributed by atoms with Gasteiger partial charge in [-0.05, 0) is 36.2 Å². The van der Waals surface area contributed by atoms with Crippen LogP contribution in [0.4, 0.5) is 4.79 Å². The maximum absolute atomic E-state index is 12.1. The molecule has 0 bridgehead atoms. The van der Waals surface area contributed by atoms with Gasteiger partial charge in [-0.1, -0.05) is 12.1 Å². The summed E-state index contributed by atoms with van der Waals surface area (Å²) in [7, 11) is 0. The number of hydrogen-bond acceptors (Lipinski definition) is 5. The number of pyridine rings is 1. The monoisotopic (exact) mass is 327 g/mol. The van der Waals surface area contributed by atoms with Crippen LogP contribution in [0.5, 0.6) is 0 Å². The Labute approximate surface area is 135 Å². The van der Waals surface area contributed by atoms with E-state index in [4.69, 9.17) is 5.11 Å². The smallest absolute Gasteiger partial charge is 0.404 e. The van der Waals surface area contributed by atoms with E-state index < -0.39 is 6.09 Å². The molecule has 1 aromatic carbocycles. The summed E-state index contributed by atoms with van der Waals surface area (Å²) in [6.07, 6.45) is 1.14. The largest absolute Gasteiger partial charge is 0.465 e. The minimum Gasteiger partial charge on any atom is -0.465 e. The fraction of sp³-hybridized carbons (Fsp3) is 0.125. The summed E-state index contributed by atoms with van der Waals surface area (Å²) in [4.78, 5) is 31.0. The highest BCUT2D eigenvalue weighted by Gasteiger charge is 2.08. The highest BCUT2D eigenvalue weighted by molar-refractivity contribution is 7.21. The van der Waals surface area contributed by atoms with Crippen molar-refractivity contribution in [1.82, 2.24) is 15.3 Å². The average molecular weight is 327 g/mol. The first-order valence-corrected chi connectivity index (χ1v) is 7.77. The normalized spacial score (nSPS) is 10.6. The van der Waals surface area contributed by atoms with Gasteiger partial charge in [-0.2, -0.15) is 4.98 Å². The zero-order chi connectivity index (χ0) is 16.2. The predicted molar refractivity (Wildman–Crippen MR) is 88.9 cm³/mol. The van der Waals surface area contributed by atoms with Gasteiger partial charge in [0.15, 0.2) is 0 Å². The van der Waals surface area contributed by atoms with Gasteiger partial charge in [0.05, 0.1) is 11.1 Å². The average Bonchev–Trinajstić information content (AvgIpc) is 2.55. The van der Waals surface area contributed by atoms with E-state index in [0.717, 1.165) is 10.3 Å². The molecule has 3 aromatic rings. The maximum atomic E-state index is 12.1. The van der Waals surface area contributed by atoms with Gasteiger partial charge < -0.3 is 10.4 Å². The minimum atomic E-state index is -1.05. The lowest BCUT2D eigenvalue weighted by atomic mass is 10.1. The molecule has 7 heteroatoms. The minimum absolute atomic E-state index is 0.269. The van der Waals surface area contributed by atoms with E-state index in [-0.39, 0.29) is 5.56 Å². The van der Waals surface area contributed by atoms with Gasteiger partial charge in [-0.15, -0.1) is 11.3 Å². The van der Waals surface area contributed by atoms with Crippen molar-refractivity contribution in [1.29, 1.82) is 0 Å². The number of nitrogens with one attached hydrogen (secondary N) is 1. The maximum Gasteiger partial charge on any atom is 0.404 e. The number of aromatic nitrogens is 2. The topological polar surface area (TPSA) is 92.2 Å². The van der Waals surface area contributed by atoms with E-state index in [1.165, 1.54) is 11.3 Å². The van der Waals surface area contributed by atoms with Crippen LogP contribution in [-0.4, -0.2) is 27.7 Å². The van der Waals surface area contributed by atoms with E-state index in [9.17, 15) is 9.59 Å². The molecule has 0 spiro atoms. The van der Waals surface area contributed by atoms with Gasteiger partial charge in [0.25, 0.3) is 5.56 Å². The highest BCUT2D eigenvalue weighted by atomic mass is 32.1. The van der Waals surface area contributed by atoms with Crippen molar-refractivity contribution in [3.63, 3.8) is 0 Å². The van der Waals surface area contributed by atoms with E-state index in [1.54, 1.807) is 12.3 Å². The van der Waals surface area contributed by atoms with Crippen molar-refractivity contribution < 1.29 is 9.90 Å². The molecule has 0 saturated heterocycles. The summed E-state index contributed by atoms with van der Waals surface area (Å²) < 4.78 is 0.863. The number of hydrogen-bond donors (Lipinski definition) is 2. The molecule has 2 N–H and O–H groups in total. The van der Waals surface area contributed by atoms with Gasteiger partial charge in [-0.3, -0.25) is 9.78 Å². The van der Waals surface area contributed by atoms with Crippen molar-refractivity contribution >= 4 is 27.5 Å². The Balaban J connectivity index is 1.92. The molecule has 116 valence electrons. The molecule has 0 unspecified atom stereocenters. The van der Waals surface area contributed by atoms with Gasteiger partial charge in [0.1, 0.15) is 5.01 Å². The van der Waals surface area contributed by atoms with Gasteiger partial charge in [-0.25, -0.2) is 4.79 Å². The molecule has 0 atom stereocenters. The standard InChI is InChI=1S/C16H13N3O3S/c20-14-11-3-1-2-4-13(11)23-15(19-14)12-9-10(5-7-17-12)6-8-18-16(21)22/h1-5,7,9,18H,6,8H2,(H,21,22). The van der Waals surface area contributed by atoms with E-state index >= 15 is 0 Å². The molecule has 0 aliphatic carbocycles. The lowest BCUT2D eigenvalue weighted by Gasteiger charge is -2.05. The fourth-order valence-corrected chi connectivity index (χ4v) is 3.15. The molecule has 0 aliphatic rings. The van der Waals surface area contributed by atoms with Crippen molar-refractivity contribution in [3.05, 3.63) is 58.5 Å². The molecular weight excluding hydrogens is 314 g/mol. The van der Waals surface area contributed by atoms with Crippen LogP contribution in [0.25, 0.3) is 20.8 Å². The van der Waals surface area contributed by atoms with Crippen LogP contribution in [0.1, 0.15) is 5.56 Å². The second kappa shape index (κ2) is 6.53. The summed E-state index contributed by atoms with van der Waals surface area (Å²) in [5.41, 5.74) is 1.28. The van der Waals surface area contributed by atoms with Crippen molar-refractivity contribution in [2.45, 2.75) is 6.42 Å². The molecular formula is C16H13N3O3S. The molecule has 0 fully saturated rings. The molecule has 0 aliphatic heterocycles. The Morgan fingerprint density at radius 2 is 2.09 bits per heavy atom. The number of carboxylic acid groups (broad SMARTS) is 1. The first kappa shape index (κ1) is 15.1. The second-order valence-corrected chi connectivity index (χ2v) is 5.88. The first-order valence-electron chi connectivity index (χ1n) is 6.95. The second-order valence-electron chi connectivity index (χ2n) is 4.85. The van der Waals surface area contributed by atoms with Gasteiger partial charge in [0, 0.05) is 17.4 Å². The molecule has 1 amide bonds. The van der Waals surface area contributed by atoms with Crippen molar-refractivity contribution in [2.75, 3.05) is 6.54 Å². The molecule has 0 saturated carbocycles. The number of carbonyl (C=O) groups is 1. The van der Waals surface area contributed by atoms with Crippen LogP contribution in [0.2, 0.25) is 0 Å². The van der Waals surface area contributed by atoms with E-state index in [2.05, 4.69) is 15.3 Å². The number of nitrogens with zero attached hydrogens (tertiary/aromatic N) is 2. The highest BCUT2D eigenvalue weighted by Crippen LogP contribution is 2.24. The van der Waals surface area contributed by atoms with Crippen LogP contribution in [0.15, 0.2) is 47.4 Å². The SMILES string of the molecule is O=C(O)NCCc1ccnc(-c2nc(=O)c3ccccc3s2)c1. The number of fused-ring (bicyclic) bond motifs is 1. The Kier molecular flexibility index (Phi) is 4.29. The summed E-state index contributed by atoms with van der Waals surface area (Å²) in [5.74, 6) is 0. The summed E-state index contributed by atoms with van der Waals surface area (Å²) in [6, 6.07) is 11.0. The van der Waals surface area contributed by atoms with Gasteiger partial charge in [0.2, 0.25) is 0 Å². The van der Waals surface area contributed by atoms with Crippen molar-refractivity contribution in [2.24, 2.45) is 0 Å². The summed E-state index contributed by atoms with van der Waals surface area (Å²) >= 11 is 1.41. The zero-order valence-corrected chi connectivity index (χ0v) is 12.8. The number of rotatable bonds is 4. The van der Waals surface area contributed by atoms with Crippen LogP contribution in [0.3, 0.4) is 0 Å². The lowest BCUT2D eigenvalue weighted by molar-refractivity contribution is 0.194. The Bertz CT molecular complexity index is 924. The third kappa shape index (κ3) is 3.51. The first-order chi connectivity index (χ1) is 11.1. The molecule has 6 nitrogen and oxygen atoms in total. The van der Waals surface area contributed by atoms with Gasteiger partial charge >= 0.3 is 6.09 Å². The summed E-state index contributed by atoms with van der Waals surface area (Å²) in [5, 5.41) is 12.1. The zero-order valence-electron chi connectivity index (χ0n) is 12.0. The van der Waals surface area contributed by atoms with Crippen molar-refractivity contribution in [3.8, 4) is 10.7 Å². The molecule has 2 heterocycles. The van der Waals surface area contributed by atoms with Crippen LogP contribution >= 0.6 is 11.3 Å². The van der Waals surface area contributed by atoms with E-state index in [0.29, 0.717) is 29.1 Å². The Morgan fingerprint density at radius 1 is 1.26 bits per heavy atom. The Morgan fingerprint density at radius 3 is 2.91 bits per heavy atom.